The standard InChI is InChI=1S/C35H33ClN2O3/c1-3-40-33-20-25(14-17-32(33)41-21-23-10-15-27(36)16-11-23)35-34-30(37-28-6-4-5-7-29(28)38-35)18-26(19-31(34)39)24-12-8-22(2)9-13-24/h4-17,20,26,35,37-38H,3,18-19,21H2,1-2H3/t26-,35-/m1/s1. The van der Waals surface area contributed by atoms with E-state index in [-0.39, 0.29) is 17.7 Å². The monoisotopic (exact) mass is 564 g/mol. The second-order valence-corrected chi connectivity index (χ2v) is 11.1. The normalized spacial score (nSPS) is 18.0. The largest absolute Gasteiger partial charge is 0.490 e. The van der Waals surface area contributed by atoms with E-state index in [2.05, 4.69) is 47.9 Å². The summed E-state index contributed by atoms with van der Waals surface area (Å²) in [5.74, 6) is 1.58. The summed E-state index contributed by atoms with van der Waals surface area (Å²) in [6, 6.07) is 29.9. The molecule has 0 saturated carbocycles. The lowest BCUT2D eigenvalue weighted by Crippen LogP contribution is -2.27. The molecule has 1 aliphatic carbocycles. The highest BCUT2D eigenvalue weighted by atomic mass is 35.5. The first-order valence-corrected chi connectivity index (χ1v) is 14.5. The molecule has 1 aliphatic heterocycles. The van der Waals surface area contributed by atoms with E-state index in [4.69, 9.17) is 21.1 Å². The molecular weight excluding hydrogens is 532 g/mol. The molecule has 208 valence electrons. The molecule has 0 aromatic heterocycles. The van der Waals surface area contributed by atoms with Crippen LogP contribution in [0.15, 0.2) is 102 Å². The Morgan fingerprint density at radius 2 is 1.56 bits per heavy atom. The molecule has 5 nitrogen and oxygen atoms in total. The van der Waals surface area contributed by atoms with Crippen molar-refractivity contribution in [2.24, 2.45) is 0 Å². The number of carbonyl (C=O) groups excluding carboxylic acids is 1. The average molecular weight is 565 g/mol. The number of aryl methyl sites for hydroxylation is 1. The Morgan fingerprint density at radius 3 is 2.32 bits per heavy atom. The fourth-order valence-electron chi connectivity index (χ4n) is 5.65. The number of Topliss-reactive ketones (excluding diaryl/α,β-unsaturated/α-hetero) is 1. The maximum Gasteiger partial charge on any atom is 0.163 e. The van der Waals surface area contributed by atoms with Crippen molar-refractivity contribution in [2.75, 3.05) is 17.2 Å². The third-order valence-corrected chi connectivity index (χ3v) is 8.02. The summed E-state index contributed by atoms with van der Waals surface area (Å²) in [6.45, 7) is 4.93. The number of anilines is 2. The maximum absolute atomic E-state index is 13.9. The summed E-state index contributed by atoms with van der Waals surface area (Å²) in [4.78, 5) is 13.9. The summed E-state index contributed by atoms with van der Waals surface area (Å²) in [5.41, 5.74) is 8.03. The molecule has 4 aromatic carbocycles. The molecule has 0 amide bonds. The minimum atomic E-state index is -0.336. The van der Waals surface area contributed by atoms with Crippen LogP contribution < -0.4 is 20.1 Å². The van der Waals surface area contributed by atoms with Crippen molar-refractivity contribution < 1.29 is 14.3 Å². The molecule has 2 N–H and O–H groups in total. The smallest absolute Gasteiger partial charge is 0.163 e. The second-order valence-electron chi connectivity index (χ2n) is 10.6. The molecular formula is C35H33ClN2O3. The quantitative estimate of drug-likeness (QED) is 0.235. The molecule has 41 heavy (non-hydrogen) atoms. The summed E-state index contributed by atoms with van der Waals surface area (Å²) < 4.78 is 12.2. The van der Waals surface area contributed by atoms with Crippen molar-refractivity contribution in [1.82, 2.24) is 0 Å². The van der Waals surface area contributed by atoms with E-state index in [1.165, 1.54) is 11.1 Å². The molecule has 0 fully saturated rings. The SMILES string of the molecule is CCOc1cc([C@H]2Nc3ccccc3NC3=C2C(=O)C[C@H](c2ccc(C)cc2)C3)ccc1OCc1ccc(Cl)cc1. The van der Waals surface area contributed by atoms with Gasteiger partial charge in [-0.1, -0.05) is 71.8 Å². The number of nitrogens with one attached hydrogen (secondary N) is 2. The van der Waals surface area contributed by atoms with Crippen LogP contribution in [0.1, 0.15) is 54.0 Å². The predicted octanol–water partition coefficient (Wildman–Crippen LogP) is 8.61. The molecule has 0 bridgehead atoms. The Labute approximate surface area is 246 Å². The van der Waals surface area contributed by atoms with E-state index in [0.29, 0.717) is 36.2 Å². The van der Waals surface area contributed by atoms with Crippen LogP contribution in [0.2, 0.25) is 5.02 Å². The van der Waals surface area contributed by atoms with Crippen molar-refractivity contribution in [3.63, 3.8) is 0 Å². The summed E-state index contributed by atoms with van der Waals surface area (Å²) >= 11 is 6.03. The van der Waals surface area contributed by atoms with E-state index in [9.17, 15) is 4.79 Å². The topological polar surface area (TPSA) is 59.6 Å². The van der Waals surface area contributed by atoms with Gasteiger partial charge in [-0.15, -0.1) is 0 Å². The van der Waals surface area contributed by atoms with Gasteiger partial charge in [0, 0.05) is 22.7 Å². The van der Waals surface area contributed by atoms with Gasteiger partial charge in [0.25, 0.3) is 0 Å². The molecule has 0 saturated heterocycles. The number of ketones is 1. The molecule has 4 aromatic rings. The lowest BCUT2D eigenvalue weighted by molar-refractivity contribution is -0.116. The first kappa shape index (κ1) is 27.0. The van der Waals surface area contributed by atoms with Crippen molar-refractivity contribution in [3.05, 3.63) is 130 Å². The van der Waals surface area contributed by atoms with Crippen molar-refractivity contribution in [2.45, 2.75) is 45.3 Å². The Hall–Kier alpha value is -4.22. The van der Waals surface area contributed by atoms with E-state index in [0.717, 1.165) is 40.2 Å². The van der Waals surface area contributed by atoms with Crippen LogP contribution in [-0.4, -0.2) is 12.4 Å². The number of rotatable bonds is 7. The number of benzene rings is 4. The Kier molecular flexibility index (Phi) is 7.71. The Balaban J connectivity index is 1.36. The zero-order chi connectivity index (χ0) is 28.3. The molecule has 0 unspecified atom stereocenters. The third-order valence-electron chi connectivity index (χ3n) is 7.77. The van der Waals surface area contributed by atoms with E-state index in [1.54, 1.807) is 0 Å². The van der Waals surface area contributed by atoms with Crippen LogP contribution in [0, 0.1) is 6.92 Å². The van der Waals surface area contributed by atoms with Crippen LogP contribution in [0.25, 0.3) is 0 Å². The molecule has 2 aliphatic rings. The van der Waals surface area contributed by atoms with Crippen molar-refractivity contribution in [3.8, 4) is 11.5 Å². The number of ether oxygens (including phenoxy) is 2. The second kappa shape index (κ2) is 11.7. The van der Waals surface area contributed by atoms with Gasteiger partial charge in [0.15, 0.2) is 17.3 Å². The van der Waals surface area contributed by atoms with E-state index >= 15 is 0 Å². The van der Waals surface area contributed by atoms with Crippen molar-refractivity contribution in [1.29, 1.82) is 0 Å². The highest BCUT2D eigenvalue weighted by molar-refractivity contribution is 6.30. The molecule has 6 rings (SSSR count). The predicted molar refractivity (Wildman–Crippen MR) is 165 cm³/mol. The number of carbonyl (C=O) groups is 1. The highest BCUT2D eigenvalue weighted by Gasteiger charge is 2.36. The Bertz CT molecular complexity index is 1600. The number of para-hydroxylation sites is 2. The van der Waals surface area contributed by atoms with Gasteiger partial charge >= 0.3 is 0 Å². The molecule has 6 heteroatoms. The number of allylic oxidation sites excluding steroid dienone is 1. The summed E-state index contributed by atoms with van der Waals surface area (Å²) in [7, 11) is 0. The number of halogens is 1. The van der Waals surface area contributed by atoms with Crippen LogP contribution in [0.3, 0.4) is 0 Å². The van der Waals surface area contributed by atoms with Gasteiger partial charge in [-0.3, -0.25) is 4.79 Å². The number of fused-ring (bicyclic) bond motifs is 1. The fraction of sp³-hybridized carbons (Fsp3) is 0.229. The van der Waals surface area contributed by atoms with Gasteiger partial charge in [-0.05, 0) is 79.3 Å². The van der Waals surface area contributed by atoms with Crippen molar-refractivity contribution >= 4 is 28.8 Å². The zero-order valence-electron chi connectivity index (χ0n) is 23.2. The van der Waals surface area contributed by atoms with Gasteiger partial charge < -0.3 is 20.1 Å². The lowest BCUT2D eigenvalue weighted by atomic mass is 9.78. The van der Waals surface area contributed by atoms with Gasteiger partial charge in [-0.25, -0.2) is 0 Å². The average Bonchev–Trinajstić information content (AvgIpc) is 3.15. The molecule has 1 heterocycles. The summed E-state index contributed by atoms with van der Waals surface area (Å²) in [5, 5.41) is 7.99. The first-order chi connectivity index (χ1) is 20.0. The van der Waals surface area contributed by atoms with Crippen LogP contribution in [0.5, 0.6) is 11.5 Å². The zero-order valence-corrected chi connectivity index (χ0v) is 24.0. The fourth-order valence-corrected chi connectivity index (χ4v) is 5.78. The minimum absolute atomic E-state index is 0.128. The maximum atomic E-state index is 13.9. The van der Waals surface area contributed by atoms with E-state index in [1.807, 2.05) is 67.6 Å². The minimum Gasteiger partial charge on any atom is -0.490 e. The molecule has 0 radical (unpaired) electrons. The molecule has 2 atom stereocenters. The van der Waals surface area contributed by atoms with Crippen LogP contribution >= 0.6 is 11.6 Å². The Morgan fingerprint density at radius 1 is 0.829 bits per heavy atom. The van der Waals surface area contributed by atoms with Gasteiger partial charge in [0.05, 0.1) is 24.0 Å². The first-order valence-electron chi connectivity index (χ1n) is 14.1. The number of hydrogen-bond acceptors (Lipinski definition) is 5. The van der Waals surface area contributed by atoms with E-state index < -0.39 is 0 Å². The van der Waals surface area contributed by atoms with Crippen LogP contribution in [0.4, 0.5) is 11.4 Å². The van der Waals surface area contributed by atoms with Crippen LogP contribution in [-0.2, 0) is 11.4 Å². The van der Waals surface area contributed by atoms with Gasteiger partial charge in [-0.2, -0.15) is 0 Å². The lowest BCUT2D eigenvalue weighted by Gasteiger charge is -2.30. The van der Waals surface area contributed by atoms with Gasteiger partial charge in [0.1, 0.15) is 6.61 Å². The highest BCUT2D eigenvalue weighted by Crippen LogP contribution is 2.45. The summed E-state index contributed by atoms with van der Waals surface area (Å²) in [6.07, 6.45) is 1.23. The van der Waals surface area contributed by atoms with Gasteiger partial charge in [0.2, 0.25) is 0 Å². The molecule has 0 spiro atoms. The number of hydrogen-bond donors (Lipinski definition) is 2. The third kappa shape index (κ3) is 5.82.